The number of carbonyl (C=O) groups is 1. The van der Waals surface area contributed by atoms with Crippen LogP contribution in [0.2, 0.25) is 6.04 Å². The minimum Gasteiger partial charge on any atom is -0.379 e. The summed E-state index contributed by atoms with van der Waals surface area (Å²) < 4.78 is 29.3. The quantitative estimate of drug-likeness (QED) is 0.309. The normalized spacial score (nSPS) is 23.3. The summed E-state index contributed by atoms with van der Waals surface area (Å²) in [4.78, 5) is 11.1. The Kier molecular flexibility index (Phi) is 15.6. The highest BCUT2D eigenvalue weighted by molar-refractivity contribution is 8.13. The van der Waals surface area contributed by atoms with Crippen LogP contribution >= 0.6 is 11.8 Å². The van der Waals surface area contributed by atoms with E-state index >= 15 is 0 Å². The fraction of sp³-hybridized carbons (Fsp3) is 0.947. The molecule has 0 aromatic heterocycles. The summed E-state index contributed by atoms with van der Waals surface area (Å²) in [6.45, 7) is 10.3. The van der Waals surface area contributed by atoms with Gasteiger partial charge >= 0.3 is 8.80 Å². The van der Waals surface area contributed by atoms with Crippen molar-refractivity contribution in [1.82, 2.24) is 5.48 Å². The van der Waals surface area contributed by atoms with Crippen LogP contribution < -0.4 is 5.48 Å². The third-order valence-corrected chi connectivity index (χ3v) is 8.13. The Morgan fingerprint density at radius 2 is 1.89 bits per heavy atom. The number of carbonyl (C=O) groups excluding carboxylic acids is 1. The number of hydrogen-bond acceptors (Lipinski definition) is 8. The molecule has 0 aromatic rings. The van der Waals surface area contributed by atoms with Crippen molar-refractivity contribution in [2.24, 2.45) is 5.92 Å². The number of unbranched alkanes of at least 4 members (excludes halogenated alkanes) is 1. The summed E-state index contributed by atoms with van der Waals surface area (Å²) in [5.41, 5.74) is 3.09. The molecule has 1 aliphatic heterocycles. The van der Waals surface area contributed by atoms with Crippen LogP contribution in [-0.2, 0) is 27.6 Å². The zero-order valence-electron chi connectivity index (χ0n) is 17.8. The summed E-state index contributed by atoms with van der Waals surface area (Å²) in [7, 11) is -2.81. The van der Waals surface area contributed by atoms with Crippen LogP contribution in [0.15, 0.2) is 0 Å². The molecule has 1 saturated heterocycles. The zero-order valence-corrected chi connectivity index (χ0v) is 19.7. The molecule has 1 rings (SSSR count). The lowest BCUT2D eigenvalue weighted by molar-refractivity contribution is -0.109. The molecule has 2 atom stereocenters. The fourth-order valence-corrected chi connectivity index (χ4v) is 5.89. The number of rotatable bonds is 15. The lowest BCUT2D eigenvalue weighted by Gasteiger charge is -2.33. The van der Waals surface area contributed by atoms with Gasteiger partial charge in [-0.15, -0.1) is 0 Å². The minimum absolute atomic E-state index is 0.134. The van der Waals surface area contributed by atoms with E-state index in [-0.39, 0.29) is 5.12 Å². The van der Waals surface area contributed by atoms with Crippen molar-refractivity contribution in [2.75, 3.05) is 51.9 Å². The van der Waals surface area contributed by atoms with E-state index in [0.29, 0.717) is 45.0 Å². The van der Waals surface area contributed by atoms with Crippen LogP contribution in [0.5, 0.6) is 0 Å². The molecule has 9 heteroatoms. The van der Waals surface area contributed by atoms with Crippen LogP contribution in [0.4, 0.5) is 0 Å². The van der Waals surface area contributed by atoms with Crippen LogP contribution in [-0.4, -0.2) is 65.9 Å². The highest BCUT2D eigenvalue weighted by atomic mass is 32.2. The Morgan fingerprint density at radius 1 is 1.14 bits per heavy atom. The summed E-state index contributed by atoms with van der Waals surface area (Å²) in [6, 6.07) is 0.692. The van der Waals surface area contributed by atoms with E-state index in [1.807, 2.05) is 0 Å². The van der Waals surface area contributed by atoms with Crippen molar-refractivity contribution in [3.05, 3.63) is 0 Å². The Morgan fingerprint density at radius 3 is 2.61 bits per heavy atom. The van der Waals surface area contributed by atoms with Gasteiger partial charge in [0.25, 0.3) is 0 Å². The molecule has 1 aliphatic rings. The third-order valence-electron chi connectivity index (χ3n) is 4.52. The SMILES string of the molecule is CCCCOCCOCCO[Si]1(CCCSC(C)=O)OCCC(CC)CNO1. The fourth-order valence-electron chi connectivity index (χ4n) is 2.73. The molecule has 0 aliphatic carbocycles. The zero-order chi connectivity index (χ0) is 20.5. The standard InChI is InChI=1S/C19H39NO6SSi/c1-4-6-9-22-11-12-23-13-14-25-28(16-7-15-27-18(3)21)24-10-8-19(5-2)17-20-26-28/h19-20H,4-17H2,1-3H3. The topological polar surface area (TPSA) is 75.3 Å². The van der Waals surface area contributed by atoms with E-state index in [1.54, 1.807) is 6.92 Å². The molecule has 0 spiro atoms. The van der Waals surface area contributed by atoms with Gasteiger partial charge in [0.05, 0.1) is 26.4 Å². The minimum atomic E-state index is -2.81. The Balaban J connectivity index is 2.35. The van der Waals surface area contributed by atoms with Gasteiger partial charge in [-0.2, -0.15) is 0 Å². The number of hydroxylamine groups is 1. The molecular formula is C19H39NO6SSi. The Hall–Kier alpha value is -0.00312. The van der Waals surface area contributed by atoms with Gasteiger partial charge in [-0.25, -0.2) is 5.48 Å². The number of ether oxygens (including phenoxy) is 2. The largest absolute Gasteiger partial charge is 0.518 e. The van der Waals surface area contributed by atoms with Gasteiger partial charge in [-0.05, 0) is 25.2 Å². The highest BCUT2D eigenvalue weighted by Crippen LogP contribution is 2.22. The van der Waals surface area contributed by atoms with Gasteiger partial charge in [-0.3, -0.25) is 9.32 Å². The Labute approximate surface area is 175 Å². The molecule has 7 nitrogen and oxygen atoms in total. The van der Waals surface area contributed by atoms with Crippen molar-refractivity contribution in [3.8, 4) is 0 Å². The molecule has 28 heavy (non-hydrogen) atoms. The van der Waals surface area contributed by atoms with Gasteiger partial charge < -0.3 is 18.3 Å². The number of thioether (sulfide) groups is 1. The average molecular weight is 438 g/mol. The van der Waals surface area contributed by atoms with Gasteiger partial charge in [0, 0.05) is 38.5 Å². The molecule has 0 radical (unpaired) electrons. The second kappa shape index (κ2) is 16.8. The molecular weight excluding hydrogens is 398 g/mol. The van der Waals surface area contributed by atoms with Gasteiger partial charge in [0.1, 0.15) is 0 Å². The number of nitrogens with one attached hydrogen (secondary N) is 1. The van der Waals surface area contributed by atoms with Crippen LogP contribution in [0.1, 0.15) is 52.9 Å². The summed E-state index contributed by atoms with van der Waals surface area (Å²) in [5.74, 6) is 1.31. The summed E-state index contributed by atoms with van der Waals surface area (Å²) in [6.07, 6.45) is 5.14. The molecule has 0 aromatic carbocycles. The molecule has 1 N–H and O–H groups in total. The highest BCUT2D eigenvalue weighted by Gasteiger charge is 2.42. The van der Waals surface area contributed by atoms with Gasteiger partial charge in [-0.1, -0.05) is 38.5 Å². The summed E-state index contributed by atoms with van der Waals surface area (Å²) >= 11 is 1.33. The molecule has 2 unspecified atom stereocenters. The lowest BCUT2D eigenvalue weighted by atomic mass is 10.0. The van der Waals surface area contributed by atoms with Crippen molar-refractivity contribution >= 4 is 25.7 Å². The maximum atomic E-state index is 11.1. The first-order valence-corrected chi connectivity index (χ1v) is 13.5. The smallest absolute Gasteiger partial charge is 0.379 e. The maximum Gasteiger partial charge on any atom is 0.518 e. The Bertz CT molecular complexity index is 395. The molecule has 0 bridgehead atoms. The van der Waals surface area contributed by atoms with Gasteiger partial charge in [0.2, 0.25) is 0 Å². The maximum absolute atomic E-state index is 11.1. The van der Waals surface area contributed by atoms with Crippen molar-refractivity contribution in [2.45, 2.75) is 58.9 Å². The van der Waals surface area contributed by atoms with Crippen LogP contribution in [0.25, 0.3) is 0 Å². The second-order valence-electron chi connectivity index (χ2n) is 6.92. The second-order valence-corrected chi connectivity index (χ2v) is 10.8. The first-order chi connectivity index (χ1) is 13.6. The molecule has 0 amide bonds. The lowest BCUT2D eigenvalue weighted by Crippen LogP contribution is -2.52. The molecule has 166 valence electrons. The van der Waals surface area contributed by atoms with Crippen LogP contribution in [0, 0.1) is 5.92 Å². The molecule has 1 fully saturated rings. The van der Waals surface area contributed by atoms with E-state index < -0.39 is 8.80 Å². The van der Waals surface area contributed by atoms with Crippen molar-refractivity contribution < 1.29 is 27.6 Å². The molecule has 0 saturated carbocycles. The van der Waals surface area contributed by atoms with Crippen molar-refractivity contribution in [3.63, 3.8) is 0 Å². The van der Waals surface area contributed by atoms with Gasteiger partial charge in [0.15, 0.2) is 5.12 Å². The van der Waals surface area contributed by atoms with Crippen LogP contribution in [0.3, 0.4) is 0 Å². The monoisotopic (exact) mass is 437 g/mol. The third kappa shape index (κ3) is 12.5. The van der Waals surface area contributed by atoms with Crippen molar-refractivity contribution in [1.29, 1.82) is 0 Å². The predicted molar refractivity (Wildman–Crippen MR) is 114 cm³/mol. The van der Waals surface area contributed by atoms with E-state index in [4.69, 9.17) is 22.9 Å². The molecule has 1 heterocycles. The first kappa shape index (κ1) is 26.0. The van der Waals surface area contributed by atoms with E-state index in [2.05, 4.69) is 19.3 Å². The average Bonchev–Trinajstić information content (AvgIpc) is 2.66. The van der Waals surface area contributed by atoms with E-state index in [9.17, 15) is 4.79 Å². The summed E-state index contributed by atoms with van der Waals surface area (Å²) in [5, 5.41) is 0.134. The number of hydrogen-bond donors (Lipinski definition) is 1. The predicted octanol–water partition coefficient (Wildman–Crippen LogP) is 3.41. The first-order valence-electron chi connectivity index (χ1n) is 10.6. The van der Waals surface area contributed by atoms with E-state index in [0.717, 1.165) is 51.0 Å². The van der Waals surface area contributed by atoms with E-state index in [1.165, 1.54) is 11.8 Å².